The Hall–Kier alpha value is -2.86. The van der Waals surface area contributed by atoms with Crippen molar-refractivity contribution in [2.75, 3.05) is 0 Å². The molecule has 23 heavy (non-hydrogen) atoms. The summed E-state index contributed by atoms with van der Waals surface area (Å²) in [6, 6.07) is 13.1. The van der Waals surface area contributed by atoms with E-state index in [1.165, 1.54) is 18.3 Å². The lowest BCUT2D eigenvalue weighted by molar-refractivity contribution is -0.139. The summed E-state index contributed by atoms with van der Waals surface area (Å²) in [5, 5.41) is 15.9. The SMILES string of the molecule is O=C(NCc1ccc(Cl)cc1)C(=O)N/N=C\c1ccc(O)cc1. The van der Waals surface area contributed by atoms with Gasteiger partial charge in [0.15, 0.2) is 0 Å². The number of amides is 2. The molecule has 0 heterocycles. The standard InChI is InChI=1S/C16H14ClN3O3/c17-13-5-1-11(2-6-13)9-18-15(22)16(23)20-19-10-12-3-7-14(21)8-4-12/h1-8,10,21H,9H2,(H,18,22)(H,20,23)/b19-10-. The number of hydrazone groups is 1. The molecule has 0 spiro atoms. The number of nitrogens with one attached hydrogen (secondary N) is 2. The van der Waals surface area contributed by atoms with Crippen molar-refractivity contribution in [3.8, 4) is 5.75 Å². The Morgan fingerprint density at radius 2 is 1.70 bits per heavy atom. The molecule has 0 bridgehead atoms. The van der Waals surface area contributed by atoms with Gasteiger partial charge in [0.1, 0.15) is 5.75 Å². The summed E-state index contributed by atoms with van der Waals surface area (Å²) >= 11 is 5.76. The Morgan fingerprint density at radius 3 is 2.35 bits per heavy atom. The number of phenols is 1. The first-order valence-electron chi connectivity index (χ1n) is 6.69. The van der Waals surface area contributed by atoms with Crippen molar-refractivity contribution in [1.82, 2.24) is 10.7 Å². The van der Waals surface area contributed by atoms with Crippen LogP contribution < -0.4 is 10.7 Å². The number of rotatable bonds is 4. The van der Waals surface area contributed by atoms with Gasteiger partial charge in [-0.15, -0.1) is 0 Å². The summed E-state index contributed by atoms with van der Waals surface area (Å²) in [5.41, 5.74) is 3.62. The van der Waals surface area contributed by atoms with E-state index in [4.69, 9.17) is 16.7 Å². The first-order chi connectivity index (χ1) is 11.0. The molecule has 2 aromatic rings. The molecule has 0 unspecified atom stereocenters. The Labute approximate surface area is 137 Å². The average Bonchev–Trinajstić information content (AvgIpc) is 2.55. The van der Waals surface area contributed by atoms with Crippen molar-refractivity contribution in [2.24, 2.45) is 5.10 Å². The number of aromatic hydroxyl groups is 1. The first-order valence-corrected chi connectivity index (χ1v) is 7.07. The first kappa shape index (κ1) is 16.5. The highest BCUT2D eigenvalue weighted by molar-refractivity contribution is 6.35. The lowest BCUT2D eigenvalue weighted by atomic mass is 10.2. The summed E-state index contributed by atoms with van der Waals surface area (Å²) in [6.45, 7) is 0.213. The van der Waals surface area contributed by atoms with E-state index in [9.17, 15) is 9.59 Å². The zero-order valence-electron chi connectivity index (χ0n) is 12.0. The summed E-state index contributed by atoms with van der Waals surface area (Å²) in [4.78, 5) is 23.2. The molecule has 0 aromatic heterocycles. The lowest BCUT2D eigenvalue weighted by Gasteiger charge is -2.04. The number of carbonyl (C=O) groups is 2. The maximum atomic E-state index is 11.6. The molecule has 0 atom stereocenters. The summed E-state index contributed by atoms with van der Waals surface area (Å²) in [5.74, 6) is -1.52. The van der Waals surface area contributed by atoms with Gasteiger partial charge in [-0.05, 0) is 47.5 Å². The molecule has 0 aliphatic heterocycles. The fourth-order valence-electron chi connectivity index (χ4n) is 1.64. The van der Waals surface area contributed by atoms with Gasteiger partial charge in [-0.2, -0.15) is 5.10 Å². The molecule has 0 aliphatic carbocycles. The van der Waals surface area contributed by atoms with Crippen molar-refractivity contribution >= 4 is 29.6 Å². The van der Waals surface area contributed by atoms with Crippen LogP contribution >= 0.6 is 11.6 Å². The molecule has 0 fully saturated rings. The van der Waals surface area contributed by atoms with Crippen molar-refractivity contribution in [3.05, 3.63) is 64.7 Å². The van der Waals surface area contributed by atoms with E-state index >= 15 is 0 Å². The van der Waals surface area contributed by atoms with Gasteiger partial charge in [0, 0.05) is 11.6 Å². The quantitative estimate of drug-likeness (QED) is 0.453. The van der Waals surface area contributed by atoms with Gasteiger partial charge >= 0.3 is 11.8 Å². The maximum Gasteiger partial charge on any atom is 0.329 e. The largest absolute Gasteiger partial charge is 0.508 e. The Kier molecular flexibility index (Phi) is 5.71. The molecule has 2 amide bonds. The zero-order chi connectivity index (χ0) is 16.7. The van der Waals surface area contributed by atoms with Crippen molar-refractivity contribution in [1.29, 1.82) is 0 Å². The van der Waals surface area contributed by atoms with Gasteiger partial charge < -0.3 is 10.4 Å². The molecule has 118 valence electrons. The summed E-state index contributed by atoms with van der Waals surface area (Å²) in [6.07, 6.45) is 1.36. The molecule has 7 heteroatoms. The second-order valence-corrected chi connectivity index (χ2v) is 5.04. The summed E-state index contributed by atoms with van der Waals surface area (Å²) < 4.78 is 0. The van der Waals surface area contributed by atoms with Crippen molar-refractivity contribution in [3.63, 3.8) is 0 Å². The zero-order valence-corrected chi connectivity index (χ0v) is 12.7. The maximum absolute atomic E-state index is 11.6. The number of phenolic OH excluding ortho intramolecular Hbond substituents is 1. The van der Waals surface area contributed by atoms with Crippen LogP contribution in [0.3, 0.4) is 0 Å². The number of hydrogen-bond donors (Lipinski definition) is 3. The minimum absolute atomic E-state index is 0.132. The Balaban J connectivity index is 1.79. The van der Waals surface area contributed by atoms with E-state index in [0.29, 0.717) is 10.6 Å². The second kappa shape index (κ2) is 7.95. The molecular weight excluding hydrogens is 318 g/mol. The van der Waals surface area contributed by atoms with E-state index in [1.807, 2.05) is 0 Å². The van der Waals surface area contributed by atoms with Crippen LogP contribution in [0.15, 0.2) is 53.6 Å². The third-order valence-electron chi connectivity index (χ3n) is 2.85. The predicted molar refractivity (Wildman–Crippen MR) is 87.1 cm³/mol. The number of hydrogen-bond acceptors (Lipinski definition) is 4. The normalized spacial score (nSPS) is 10.5. The topological polar surface area (TPSA) is 90.8 Å². The van der Waals surface area contributed by atoms with Crippen molar-refractivity contribution in [2.45, 2.75) is 6.54 Å². The van der Waals surface area contributed by atoms with Gasteiger partial charge in [-0.3, -0.25) is 9.59 Å². The van der Waals surface area contributed by atoms with Crippen LogP contribution in [0.4, 0.5) is 0 Å². The van der Waals surface area contributed by atoms with E-state index < -0.39 is 11.8 Å². The van der Waals surface area contributed by atoms with E-state index in [1.54, 1.807) is 36.4 Å². The fraction of sp³-hybridized carbons (Fsp3) is 0.0625. The smallest absolute Gasteiger partial charge is 0.329 e. The number of carbonyl (C=O) groups excluding carboxylic acids is 2. The molecule has 2 rings (SSSR count). The van der Waals surface area contributed by atoms with Crippen LogP contribution in [0.25, 0.3) is 0 Å². The predicted octanol–water partition coefficient (Wildman–Crippen LogP) is 1.81. The second-order valence-electron chi connectivity index (χ2n) is 4.60. The van der Waals surface area contributed by atoms with Crippen LogP contribution in [-0.2, 0) is 16.1 Å². The van der Waals surface area contributed by atoms with Gasteiger partial charge in [0.2, 0.25) is 0 Å². The van der Waals surface area contributed by atoms with Gasteiger partial charge in [0.25, 0.3) is 0 Å². The van der Waals surface area contributed by atoms with Crippen LogP contribution in [0.1, 0.15) is 11.1 Å². The molecule has 3 N–H and O–H groups in total. The van der Waals surface area contributed by atoms with Crippen LogP contribution in [0.5, 0.6) is 5.75 Å². The molecule has 0 aliphatic rings. The van der Waals surface area contributed by atoms with E-state index in [2.05, 4.69) is 15.8 Å². The highest BCUT2D eigenvalue weighted by Crippen LogP contribution is 2.09. The monoisotopic (exact) mass is 331 g/mol. The Bertz CT molecular complexity index is 712. The average molecular weight is 332 g/mol. The van der Waals surface area contributed by atoms with Crippen LogP contribution in [-0.4, -0.2) is 23.1 Å². The minimum Gasteiger partial charge on any atom is -0.508 e. The van der Waals surface area contributed by atoms with E-state index in [-0.39, 0.29) is 12.3 Å². The molecule has 0 radical (unpaired) electrons. The van der Waals surface area contributed by atoms with E-state index in [0.717, 1.165) is 5.56 Å². The summed E-state index contributed by atoms with van der Waals surface area (Å²) in [7, 11) is 0. The third kappa shape index (κ3) is 5.44. The molecule has 6 nitrogen and oxygen atoms in total. The highest BCUT2D eigenvalue weighted by Gasteiger charge is 2.11. The van der Waals surface area contributed by atoms with Gasteiger partial charge in [-0.1, -0.05) is 23.7 Å². The minimum atomic E-state index is -0.867. The van der Waals surface area contributed by atoms with Crippen molar-refractivity contribution < 1.29 is 14.7 Å². The number of nitrogens with zero attached hydrogens (tertiary/aromatic N) is 1. The van der Waals surface area contributed by atoms with Crippen LogP contribution in [0, 0.1) is 0 Å². The fourth-order valence-corrected chi connectivity index (χ4v) is 1.77. The number of benzene rings is 2. The molecular formula is C16H14ClN3O3. The van der Waals surface area contributed by atoms with Gasteiger partial charge in [-0.25, -0.2) is 5.43 Å². The Morgan fingerprint density at radius 1 is 1.04 bits per heavy atom. The third-order valence-corrected chi connectivity index (χ3v) is 3.10. The highest BCUT2D eigenvalue weighted by atomic mass is 35.5. The molecule has 0 saturated heterocycles. The van der Waals surface area contributed by atoms with Gasteiger partial charge in [0.05, 0.1) is 6.21 Å². The van der Waals surface area contributed by atoms with Crippen LogP contribution in [0.2, 0.25) is 5.02 Å². The lowest BCUT2D eigenvalue weighted by Crippen LogP contribution is -2.37. The molecule has 2 aromatic carbocycles. The molecule has 0 saturated carbocycles. The number of halogens is 1.